The van der Waals surface area contributed by atoms with E-state index in [0.29, 0.717) is 0 Å². The summed E-state index contributed by atoms with van der Waals surface area (Å²) in [6, 6.07) is 7.20. The third-order valence-corrected chi connectivity index (χ3v) is 3.04. The monoisotopic (exact) mass is 311 g/mol. The molecule has 92 valence electrons. The van der Waals surface area contributed by atoms with Crippen molar-refractivity contribution >= 4 is 21.7 Å². The quantitative estimate of drug-likeness (QED) is 0.641. The van der Waals surface area contributed by atoms with Crippen molar-refractivity contribution in [2.75, 3.05) is 0 Å². The van der Waals surface area contributed by atoms with Crippen LogP contribution < -0.4 is 0 Å². The third kappa shape index (κ3) is 2.61. The molecule has 0 aliphatic heterocycles. The first kappa shape index (κ1) is 12.8. The topological polar surface area (TPSA) is 30.0 Å². The Labute approximate surface area is 111 Å². The number of pyridine rings is 1. The number of hydrogen-bond donors (Lipinski definition) is 0. The maximum atomic E-state index is 13.7. The molecule has 2 nitrogen and oxygen atoms in total. The number of hydrogen-bond acceptors (Lipinski definition) is 2. The highest BCUT2D eigenvalue weighted by atomic mass is 79.9. The lowest BCUT2D eigenvalue weighted by Gasteiger charge is -2.05. The first-order valence-electron chi connectivity index (χ1n) is 5.16. The fourth-order valence-electron chi connectivity index (χ4n) is 1.51. The van der Waals surface area contributed by atoms with Crippen molar-refractivity contribution in [1.29, 1.82) is 0 Å². The van der Waals surface area contributed by atoms with E-state index in [1.54, 1.807) is 12.1 Å². The van der Waals surface area contributed by atoms with E-state index in [4.69, 9.17) is 0 Å². The van der Waals surface area contributed by atoms with Crippen molar-refractivity contribution in [3.05, 3.63) is 63.9 Å². The molecule has 0 atom stereocenters. The van der Waals surface area contributed by atoms with Gasteiger partial charge in [0.1, 0.15) is 17.3 Å². The smallest absolute Gasteiger partial charge is 0.185 e. The van der Waals surface area contributed by atoms with Gasteiger partial charge in [-0.3, -0.25) is 9.78 Å². The molecule has 0 radical (unpaired) electrons. The molecule has 0 aliphatic carbocycles. The molecule has 0 spiro atoms. The molecule has 0 amide bonds. The zero-order chi connectivity index (χ0) is 13.1. The Bertz CT molecular complexity index is 587. The van der Waals surface area contributed by atoms with Gasteiger partial charge in [-0.1, -0.05) is 6.07 Å². The lowest BCUT2D eigenvalue weighted by Crippen LogP contribution is -2.09. The van der Waals surface area contributed by atoms with E-state index in [0.717, 1.165) is 6.07 Å². The van der Waals surface area contributed by atoms with Crippen LogP contribution in [-0.2, 0) is 6.42 Å². The number of halogens is 3. The molecule has 2 aromatic rings. The van der Waals surface area contributed by atoms with Gasteiger partial charge in [-0.05, 0) is 40.2 Å². The van der Waals surface area contributed by atoms with Crippen LogP contribution >= 0.6 is 15.9 Å². The Morgan fingerprint density at radius 2 is 2.00 bits per heavy atom. The number of ketones is 1. The predicted octanol–water partition coefficient (Wildman–Crippen LogP) is 3.55. The Morgan fingerprint density at radius 3 is 2.67 bits per heavy atom. The van der Waals surface area contributed by atoms with Crippen molar-refractivity contribution in [1.82, 2.24) is 4.98 Å². The largest absolute Gasteiger partial charge is 0.292 e. The van der Waals surface area contributed by atoms with Crippen LogP contribution in [0.25, 0.3) is 0 Å². The molecule has 2 rings (SSSR count). The van der Waals surface area contributed by atoms with Gasteiger partial charge >= 0.3 is 0 Å². The second-order valence-corrected chi connectivity index (χ2v) is 4.49. The maximum Gasteiger partial charge on any atom is 0.185 e. The van der Waals surface area contributed by atoms with E-state index < -0.39 is 17.4 Å². The molecule has 0 bridgehead atoms. The van der Waals surface area contributed by atoms with Crippen LogP contribution in [-0.4, -0.2) is 10.8 Å². The molecule has 0 unspecified atom stereocenters. The van der Waals surface area contributed by atoms with Crippen LogP contribution in [0.5, 0.6) is 0 Å². The second kappa shape index (κ2) is 5.35. The number of rotatable bonds is 3. The summed E-state index contributed by atoms with van der Waals surface area (Å²) in [6.07, 6.45) is 1.11. The summed E-state index contributed by atoms with van der Waals surface area (Å²) in [5, 5.41) is 0. The molecule has 0 N–H and O–H groups in total. The molecule has 18 heavy (non-hydrogen) atoms. The normalized spacial score (nSPS) is 10.4. The highest BCUT2D eigenvalue weighted by Gasteiger charge is 2.17. The van der Waals surface area contributed by atoms with E-state index in [2.05, 4.69) is 20.9 Å². The van der Waals surface area contributed by atoms with Gasteiger partial charge in [0.15, 0.2) is 5.78 Å². The highest BCUT2D eigenvalue weighted by Crippen LogP contribution is 2.22. The van der Waals surface area contributed by atoms with E-state index in [9.17, 15) is 13.6 Å². The Balaban J connectivity index is 2.30. The van der Waals surface area contributed by atoms with Gasteiger partial charge in [0, 0.05) is 18.2 Å². The molecule has 1 aromatic heterocycles. The molecule has 1 heterocycles. The van der Waals surface area contributed by atoms with Gasteiger partial charge in [-0.2, -0.15) is 0 Å². The maximum absolute atomic E-state index is 13.7. The van der Waals surface area contributed by atoms with Crippen LogP contribution in [0.15, 0.2) is 41.0 Å². The number of nitrogens with zero attached hydrogens (tertiary/aromatic N) is 1. The lowest BCUT2D eigenvalue weighted by molar-refractivity contribution is 0.0985. The number of carbonyl (C=O) groups excluding carboxylic acids is 1. The van der Waals surface area contributed by atoms with Gasteiger partial charge in [-0.15, -0.1) is 0 Å². The van der Waals surface area contributed by atoms with E-state index in [-0.39, 0.29) is 22.2 Å². The van der Waals surface area contributed by atoms with Gasteiger partial charge < -0.3 is 0 Å². The van der Waals surface area contributed by atoms with Gasteiger partial charge in [0.25, 0.3) is 0 Å². The minimum atomic E-state index is -0.751. The third-order valence-electron chi connectivity index (χ3n) is 2.43. The molecule has 0 saturated carbocycles. The van der Waals surface area contributed by atoms with E-state index in [1.807, 2.05) is 0 Å². The molecule has 0 aliphatic rings. The second-order valence-electron chi connectivity index (χ2n) is 3.64. The van der Waals surface area contributed by atoms with Crippen LogP contribution in [0.1, 0.15) is 16.1 Å². The Morgan fingerprint density at radius 1 is 1.22 bits per heavy atom. The highest BCUT2D eigenvalue weighted by molar-refractivity contribution is 9.10. The van der Waals surface area contributed by atoms with Crippen LogP contribution in [0.3, 0.4) is 0 Å². The molecular weight excluding hydrogens is 304 g/mol. The first-order valence-corrected chi connectivity index (χ1v) is 5.95. The molecular formula is C13H8BrF2NO. The van der Waals surface area contributed by atoms with Crippen molar-refractivity contribution < 1.29 is 13.6 Å². The average Bonchev–Trinajstić information content (AvgIpc) is 2.40. The average molecular weight is 312 g/mol. The number of aromatic nitrogens is 1. The van der Waals surface area contributed by atoms with E-state index >= 15 is 0 Å². The zero-order valence-corrected chi connectivity index (χ0v) is 10.7. The molecule has 0 fully saturated rings. The van der Waals surface area contributed by atoms with Gasteiger partial charge in [0.05, 0.1) is 4.47 Å². The molecule has 1 aromatic carbocycles. The Hall–Kier alpha value is -1.62. The lowest BCUT2D eigenvalue weighted by atomic mass is 10.1. The summed E-state index contributed by atoms with van der Waals surface area (Å²) in [7, 11) is 0. The van der Waals surface area contributed by atoms with Crippen molar-refractivity contribution in [3.8, 4) is 0 Å². The standard InChI is InChI=1S/C13H8BrF2NO/c14-9-4-5-10(15)8(13(9)16)7-12(18)11-3-1-2-6-17-11/h1-6H,7H2. The SMILES string of the molecule is O=C(Cc1c(F)ccc(Br)c1F)c1ccccn1. The summed E-state index contributed by atoms with van der Waals surface area (Å²) >= 11 is 2.96. The predicted molar refractivity (Wildman–Crippen MR) is 66.3 cm³/mol. The van der Waals surface area contributed by atoms with Gasteiger partial charge in [-0.25, -0.2) is 8.78 Å². The van der Waals surface area contributed by atoms with Gasteiger partial charge in [0.2, 0.25) is 0 Å². The number of carbonyl (C=O) groups is 1. The summed E-state index contributed by atoms with van der Waals surface area (Å²) in [6.45, 7) is 0. The minimum Gasteiger partial charge on any atom is -0.292 e. The van der Waals surface area contributed by atoms with Crippen LogP contribution in [0, 0.1) is 11.6 Å². The van der Waals surface area contributed by atoms with Crippen LogP contribution in [0.4, 0.5) is 8.78 Å². The van der Waals surface area contributed by atoms with Crippen molar-refractivity contribution in [2.24, 2.45) is 0 Å². The summed E-state index contributed by atoms with van der Waals surface area (Å²) in [4.78, 5) is 15.7. The van der Waals surface area contributed by atoms with Crippen molar-refractivity contribution in [3.63, 3.8) is 0 Å². The molecule has 0 saturated heterocycles. The zero-order valence-electron chi connectivity index (χ0n) is 9.16. The van der Waals surface area contributed by atoms with E-state index in [1.165, 1.54) is 18.3 Å². The minimum absolute atomic E-state index is 0.132. The van der Waals surface area contributed by atoms with Crippen molar-refractivity contribution in [2.45, 2.75) is 6.42 Å². The summed E-state index contributed by atoms with van der Waals surface area (Å²) in [5.41, 5.74) is -0.0590. The molecule has 5 heteroatoms. The fraction of sp³-hybridized carbons (Fsp3) is 0.0769. The summed E-state index contributed by atoms with van der Waals surface area (Å²) in [5.74, 6) is -1.91. The number of benzene rings is 1. The van der Waals surface area contributed by atoms with Crippen LogP contribution in [0.2, 0.25) is 0 Å². The number of Topliss-reactive ketones (excluding diaryl/α,β-unsaturated/α-hetero) is 1. The fourth-order valence-corrected chi connectivity index (χ4v) is 1.88. The Kier molecular flexibility index (Phi) is 3.81. The summed E-state index contributed by atoms with van der Waals surface area (Å²) < 4.78 is 27.3. The first-order chi connectivity index (χ1) is 8.59.